The third-order valence-electron chi connectivity index (χ3n) is 0.981. The van der Waals surface area contributed by atoms with E-state index < -0.39 is 0 Å². The molecular weight excluding hydrogens is 166 g/mol. The number of aromatic nitrogens is 2. The van der Waals surface area contributed by atoms with Gasteiger partial charge in [-0.25, -0.2) is 4.98 Å². The average molecular weight is 170 g/mol. The molecule has 0 fully saturated rings. The Morgan fingerprint density at radius 3 is 2.91 bits per heavy atom. The molecule has 4 nitrogen and oxygen atoms in total. The molecule has 0 aliphatic carbocycles. The summed E-state index contributed by atoms with van der Waals surface area (Å²) in [5.74, 6) is 0.302. The third-order valence-corrected chi connectivity index (χ3v) is 1.17. The second-order valence-electron chi connectivity index (χ2n) is 1.67. The maximum Gasteiger partial charge on any atom is 0.236 e. The average Bonchev–Trinajstić information content (AvgIpc) is 2.03. The highest BCUT2D eigenvalue weighted by Gasteiger charge is 2.00. The molecule has 0 aliphatic rings. The summed E-state index contributed by atoms with van der Waals surface area (Å²) in [5, 5.41) is 8.60. The van der Waals surface area contributed by atoms with Crippen molar-refractivity contribution in [2.45, 2.75) is 0 Å². The second kappa shape index (κ2) is 3.17. The fourth-order valence-corrected chi connectivity index (χ4v) is 0.725. The van der Waals surface area contributed by atoms with Crippen LogP contribution in [0.3, 0.4) is 0 Å². The van der Waals surface area contributed by atoms with Gasteiger partial charge in [0.15, 0.2) is 0 Å². The summed E-state index contributed by atoms with van der Waals surface area (Å²) < 4.78 is 4.75. The zero-order valence-corrected chi connectivity index (χ0v) is 6.46. The van der Waals surface area contributed by atoms with Gasteiger partial charge in [0.1, 0.15) is 11.2 Å². The van der Waals surface area contributed by atoms with E-state index in [1.54, 1.807) is 6.07 Å². The molecule has 0 spiro atoms. The first-order valence-electron chi connectivity index (χ1n) is 2.75. The van der Waals surface area contributed by atoms with Gasteiger partial charge < -0.3 is 4.74 Å². The fraction of sp³-hybridized carbons (Fsp3) is 0.167. The van der Waals surface area contributed by atoms with E-state index >= 15 is 0 Å². The summed E-state index contributed by atoms with van der Waals surface area (Å²) in [6.07, 6.45) is 0. The molecule has 0 saturated carbocycles. The lowest BCUT2D eigenvalue weighted by Gasteiger charge is -1.97. The minimum atomic E-state index is 0.00866. The van der Waals surface area contributed by atoms with E-state index in [-0.39, 0.29) is 11.0 Å². The van der Waals surface area contributed by atoms with E-state index in [2.05, 4.69) is 9.97 Å². The van der Waals surface area contributed by atoms with Gasteiger partial charge in [-0.15, -0.1) is 0 Å². The Bertz CT molecular complexity index is 307. The molecule has 0 aliphatic heterocycles. The van der Waals surface area contributed by atoms with Crippen LogP contribution in [0.5, 0.6) is 5.88 Å². The number of rotatable bonds is 1. The van der Waals surface area contributed by atoms with Gasteiger partial charge in [0.25, 0.3) is 0 Å². The Morgan fingerprint density at radius 1 is 1.64 bits per heavy atom. The van der Waals surface area contributed by atoms with Crippen LogP contribution in [0.2, 0.25) is 5.15 Å². The number of ether oxygens (including phenoxy) is 1. The van der Waals surface area contributed by atoms with Gasteiger partial charge >= 0.3 is 0 Å². The topological polar surface area (TPSA) is 58.8 Å². The molecule has 1 aromatic heterocycles. The van der Waals surface area contributed by atoms with Crippen LogP contribution < -0.4 is 4.74 Å². The normalized spacial score (nSPS) is 8.82. The van der Waals surface area contributed by atoms with E-state index in [1.165, 1.54) is 13.2 Å². The first kappa shape index (κ1) is 7.76. The molecule has 0 unspecified atom stereocenters. The largest absolute Gasteiger partial charge is 0.481 e. The molecular formula is C6H4ClN3O. The summed E-state index contributed by atoms with van der Waals surface area (Å²) in [6.45, 7) is 0. The lowest BCUT2D eigenvalue weighted by molar-refractivity contribution is 0.396. The van der Waals surface area contributed by atoms with Crippen molar-refractivity contribution >= 4 is 11.6 Å². The molecule has 1 aromatic rings. The van der Waals surface area contributed by atoms with Gasteiger partial charge in [-0.1, -0.05) is 11.6 Å². The first-order valence-corrected chi connectivity index (χ1v) is 3.12. The van der Waals surface area contributed by atoms with Crippen LogP contribution >= 0.6 is 11.6 Å². The second-order valence-corrected chi connectivity index (χ2v) is 2.06. The van der Waals surface area contributed by atoms with Gasteiger partial charge in [0.05, 0.1) is 7.11 Å². The van der Waals surface area contributed by atoms with Crippen LogP contribution in [-0.2, 0) is 0 Å². The highest BCUT2D eigenvalue weighted by atomic mass is 35.5. The Morgan fingerprint density at radius 2 is 2.36 bits per heavy atom. The van der Waals surface area contributed by atoms with Crippen LogP contribution in [0.1, 0.15) is 5.82 Å². The number of nitrogens with zero attached hydrogens (tertiary/aromatic N) is 3. The van der Waals surface area contributed by atoms with E-state index in [9.17, 15) is 0 Å². The molecule has 0 N–H and O–H groups in total. The lowest BCUT2D eigenvalue weighted by atomic mass is 10.6. The van der Waals surface area contributed by atoms with Crippen LogP contribution in [0, 0.1) is 11.3 Å². The molecule has 1 heterocycles. The summed E-state index contributed by atoms with van der Waals surface area (Å²) >= 11 is 5.53. The van der Waals surface area contributed by atoms with Crippen LogP contribution in [0.4, 0.5) is 0 Å². The standard InChI is InChI=1S/C6H4ClN3O/c1-11-6-2-4(7)9-5(3-8)10-6/h2H,1H3. The highest BCUT2D eigenvalue weighted by molar-refractivity contribution is 6.29. The van der Waals surface area contributed by atoms with Crippen molar-refractivity contribution in [2.24, 2.45) is 0 Å². The van der Waals surface area contributed by atoms with Crippen LogP contribution in [0.25, 0.3) is 0 Å². The number of hydrogen-bond donors (Lipinski definition) is 0. The lowest BCUT2D eigenvalue weighted by Crippen LogP contribution is -1.93. The van der Waals surface area contributed by atoms with Crippen LogP contribution in [-0.4, -0.2) is 17.1 Å². The van der Waals surface area contributed by atoms with E-state index in [1.807, 2.05) is 0 Å². The monoisotopic (exact) mass is 169 g/mol. The van der Waals surface area contributed by atoms with E-state index in [0.29, 0.717) is 5.88 Å². The molecule has 5 heteroatoms. The minimum absolute atomic E-state index is 0.00866. The molecule has 1 rings (SSSR count). The molecule has 56 valence electrons. The number of nitriles is 1. The van der Waals surface area contributed by atoms with Gasteiger partial charge in [-0.3, -0.25) is 0 Å². The van der Waals surface area contributed by atoms with Gasteiger partial charge in [0, 0.05) is 6.07 Å². The molecule has 0 atom stereocenters. The van der Waals surface area contributed by atoms with Crippen molar-refractivity contribution in [3.8, 4) is 11.9 Å². The van der Waals surface area contributed by atoms with Crippen molar-refractivity contribution in [2.75, 3.05) is 7.11 Å². The van der Waals surface area contributed by atoms with Gasteiger partial charge in [0.2, 0.25) is 11.7 Å². The first-order chi connectivity index (χ1) is 5.26. The molecule has 0 radical (unpaired) electrons. The van der Waals surface area contributed by atoms with Crippen molar-refractivity contribution in [3.63, 3.8) is 0 Å². The highest BCUT2D eigenvalue weighted by Crippen LogP contribution is 2.11. The number of hydrogen-bond acceptors (Lipinski definition) is 4. The van der Waals surface area contributed by atoms with Crippen LogP contribution in [0.15, 0.2) is 6.07 Å². The minimum Gasteiger partial charge on any atom is -0.481 e. The number of halogens is 1. The van der Waals surface area contributed by atoms with Crippen molar-refractivity contribution in [1.29, 1.82) is 5.26 Å². The van der Waals surface area contributed by atoms with E-state index in [0.717, 1.165) is 0 Å². The summed E-state index contributed by atoms with van der Waals surface area (Å²) in [7, 11) is 1.44. The van der Waals surface area contributed by atoms with Crippen molar-refractivity contribution < 1.29 is 4.74 Å². The maximum absolute atomic E-state index is 8.39. The molecule has 11 heavy (non-hydrogen) atoms. The van der Waals surface area contributed by atoms with Crippen molar-refractivity contribution in [1.82, 2.24) is 9.97 Å². The predicted octanol–water partition coefficient (Wildman–Crippen LogP) is 1.01. The zero-order chi connectivity index (χ0) is 8.27. The summed E-state index contributed by atoms with van der Waals surface area (Å²) in [4.78, 5) is 7.31. The predicted molar refractivity (Wildman–Crippen MR) is 38.3 cm³/mol. The molecule has 0 saturated heterocycles. The SMILES string of the molecule is COc1cc(Cl)nc(C#N)n1. The smallest absolute Gasteiger partial charge is 0.236 e. The Kier molecular flexibility index (Phi) is 2.24. The molecule has 0 bridgehead atoms. The summed E-state index contributed by atoms with van der Waals surface area (Å²) in [6, 6.07) is 3.19. The quantitative estimate of drug-likeness (QED) is 0.589. The van der Waals surface area contributed by atoms with Gasteiger partial charge in [-0.05, 0) is 0 Å². The maximum atomic E-state index is 8.39. The Balaban J connectivity index is 3.15. The Labute approximate surface area is 68.4 Å². The zero-order valence-electron chi connectivity index (χ0n) is 5.71. The van der Waals surface area contributed by atoms with Crippen molar-refractivity contribution in [3.05, 3.63) is 17.0 Å². The van der Waals surface area contributed by atoms with E-state index in [4.69, 9.17) is 21.6 Å². The third kappa shape index (κ3) is 1.79. The Hall–Kier alpha value is -1.34. The van der Waals surface area contributed by atoms with Gasteiger partial charge in [-0.2, -0.15) is 10.2 Å². The number of methoxy groups -OCH3 is 1. The fourth-order valence-electron chi connectivity index (χ4n) is 0.552. The molecule has 0 amide bonds. The summed E-state index contributed by atoms with van der Waals surface area (Å²) in [5.41, 5.74) is 0. The molecule has 0 aromatic carbocycles.